The van der Waals surface area contributed by atoms with Crippen LogP contribution in [0.4, 0.5) is 18.0 Å². The SMILES string of the molecule is CC(NC(=O)NC1CCSc2c(F)cccc21)c1ccc(F)c(F)c1. The van der Waals surface area contributed by atoms with Crippen molar-refractivity contribution in [3.8, 4) is 0 Å². The van der Waals surface area contributed by atoms with Crippen molar-refractivity contribution in [3.63, 3.8) is 0 Å². The molecule has 2 aromatic carbocycles. The number of carbonyl (C=O) groups is 1. The van der Waals surface area contributed by atoms with Crippen molar-refractivity contribution in [2.24, 2.45) is 0 Å². The molecule has 132 valence electrons. The molecule has 1 aliphatic heterocycles. The summed E-state index contributed by atoms with van der Waals surface area (Å²) in [5.41, 5.74) is 1.21. The summed E-state index contributed by atoms with van der Waals surface area (Å²) in [4.78, 5) is 12.8. The van der Waals surface area contributed by atoms with Gasteiger partial charge in [-0.2, -0.15) is 0 Å². The van der Waals surface area contributed by atoms with Crippen LogP contribution in [-0.2, 0) is 0 Å². The average molecular weight is 366 g/mol. The number of carbonyl (C=O) groups excluding carboxylic acids is 1. The molecule has 2 amide bonds. The first-order valence-corrected chi connectivity index (χ1v) is 8.87. The normalized spacial score (nSPS) is 17.5. The minimum Gasteiger partial charge on any atom is -0.332 e. The topological polar surface area (TPSA) is 41.1 Å². The Morgan fingerprint density at radius 2 is 1.96 bits per heavy atom. The number of amides is 2. The first-order valence-electron chi connectivity index (χ1n) is 7.89. The third-order valence-corrected chi connectivity index (χ3v) is 5.28. The van der Waals surface area contributed by atoms with Gasteiger partial charge in [0.05, 0.1) is 12.1 Å². The van der Waals surface area contributed by atoms with Crippen LogP contribution in [0.2, 0.25) is 0 Å². The second-order valence-electron chi connectivity index (χ2n) is 5.86. The predicted molar refractivity (Wildman–Crippen MR) is 90.9 cm³/mol. The molecule has 7 heteroatoms. The van der Waals surface area contributed by atoms with Crippen molar-refractivity contribution < 1.29 is 18.0 Å². The number of nitrogens with one attached hydrogen (secondary N) is 2. The fourth-order valence-corrected chi connectivity index (χ4v) is 3.94. The number of thioether (sulfide) groups is 1. The van der Waals surface area contributed by atoms with Crippen LogP contribution in [0.1, 0.15) is 36.6 Å². The summed E-state index contributed by atoms with van der Waals surface area (Å²) in [5, 5.41) is 5.53. The fourth-order valence-electron chi connectivity index (χ4n) is 2.80. The standard InChI is InChI=1S/C18H17F3N2OS/c1-10(11-5-6-13(19)15(21)9-11)22-18(24)23-16-7-8-25-17-12(16)3-2-4-14(17)20/h2-6,9-10,16H,7-8H2,1H3,(H2,22,23,24). The lowest BCUT2D eigenvalue weighted by molar-refractivity contribution is 0.233. The second-order valence-corrected chi connectivity index (χ2v) is 6.97. The maximum Gasteiger partial charge on any atom is 0.315 e. The van der Waals surface area contributed by atoms with E-state index in [-0.39, 0.29) is 11.9 Å². The molecule has 3 rings (SSSR count). The molecule has 0 saturated carbocycles. The van der Waals surface area contributed by atoms with Gasteiger partial charge in [-0.1, -0.05) is 18.2 Å². The van der Waals surface area contributed by atoms with Gasteiger partial charge in [0.25, 0.3) is 0 Å². The molecule has 0 saturated heterocycles. The molecule has 0 aromatic heterocycles. The first-order chi connectivity index (χ1) is 12.0. The van der Waals surface area contributed by atoms with Gasteiger partial charge in [0.1, 0.15) is 5.82 Å². The van der Waals surface area contributed by atoms with E-state index in [1.165, 1.54) is 23.9 Å². The summed E-state index contributed by atoms with van der Waals surface area (Å²) < 4.78 is 40.2. The lowest BCUT2D eigenvalue weighted by Gasteiger charge is -2.27. The molecule has 0 fully saturated rings. The van der Waals surface area contributed by atoms with Crippen molar-refractivity contribution in [2.45, 2.75) is 30.3 Å². The van der Waals surface area contributed by atoms with Crippen LogP contribution in [0.25, 0.3) is 0 Å². The van der Waals surface area contributed by atoms with Crippen LogP contribution in [0.3, 0.4) is 0 Å². The third-order valence-electron chi connectivity index (χ3n) is 4.12. The van der Waals surface area contributed by atoms with Crippen molar-refractivity contribution in [2.75, 3.05) is 5.75 Å². The Morgan fingerprint density at radius 1 is 1.16 bits per heavy atom. The molecule has 0 radical (unpaired) electrons. The Bertz CT molecular complexity index is 800. The molecule has 3 nitrogen and oxygen atoms in total. The van der Waals surface area contributed by atoms with Gasteiger partial charge in [0, 0.05) is 10.6 Å². The number of fused-ring (bicyclic) bond motifs is 1. The van der Waals surface area contributed by atoms with E-state index in [0.29, 0.717) is 22.6 Å². The fraction of sp³-hybridized carbons (Fsp3) is 0.278. The number of halogens is 3. The van der Waals surface area contributed by atoms with Gasteiger partial charge in [-0.15, -0.1) is 11.8 Å². The summed E-state index contributed by atoms with van der Waals surface area (Å²) in [6, 6.07) is 7.10. The lowest BCUT2D eigenvalue weighted by atomic mass is 10.0. The van der Waals surface area contributed by atoms with Crippen LogP contribution >= 0.6 is 11.8 Å². The third kappa shape index (κ3) is 3.92. The molecule has 2 unspecified atom stereocenters. The maximum atomic E-state index is 13.9. The highest BCUT2D eigenvalue weighted by atomic mass is 32.2. The van der Waals surface area contributed by atoms with Gasteiger partial charge >= 0.3 is 6.03 Å². The quantitative estimate of drug-likeness (QED) is 0.827. The van der Waals surface area contributed by atoms with Crippen LogP contribution < -0.4 is 10.6 Å². The summed E-state index contributed by atoms with van der Waals surface area (Å²) in [6.45, 7) is 1.68. The number of urea groups is 1. The van der Waals surface area contributed by atoms with Crippen LogP contribution in [0.15, 0.2) is 41.3 Å². The second kappa shape index (κ2) is 7.39. The molecule has 2 atom stereocenters. The van der Waals surface area contributed by atoms with E-state index in [2.05, 4.69) is 10.6 Å². The van der Waals surface area contributed by atoms with E-state index in [4.69, 9.17) is 0 Å². The number of rotatable bonds is 3. The summed E-state index contributed by atoms with van der Waals surface area (Å²) in [5.74, 6) is -1.47. The van der Waals surface area contributed by atoms with Gasteiger partial charge in [-0.3, -0.25) is 0 Å². The number of hydrogen-bond donors (Lipinski definition) is 2. The molecular weight excluding hydrogens is 349 g/mol. The van der Waals surface area contributed by atoms with E-state index < -0.39 is 23.7 Å². The van der Waals surface area contributed by atoms with Crippen molar-refractivity contribution >= 4 is 17.8 Å². The average Bonchev–Trinajstić information content (AvgIpc) is 2.58. The van der Waals surface area contributed by atoms with Crippen LogP contribution in [-0.4, -0.2) is 11.8 Å². The predicted octanol–water partition coefficient (Wildman–Crippen LogP) is 4.70. The lowest BCUT2D eigenvalue weighted by Crippen LogP contribution is -2.40. The summed E-state index contributed by atoms with van der Waals surface area (Å²) in [7, 11) is 0. The minimum atomic E-state index is -0.958. The van der Waals surface area contributed by atoms with Crippen molar-refractivity contribution in [1.29, 1.82) is 0 Å². The van der Waals surface area contributed by atoms with Gasteiger partial charge in [0.2, 0.25) is 0 Å². The van der Waals surface area contributed by atoms with Crippen LogP contribution in [0.5, 0.6) is 0 Å². The first kappa shape index (κ1) is 17.7. The molecule has 2 aromatic rings. The highest BCUT2D eigenvalue weighted by Crippen LogP contribution is 2.37. The zero-order chi connectivity index (χ0) is 18.0. The molecule has 25 heavy (non-hydrogen) atoms. The number of hydrogen-bond acceptors (Lipinski definition) is 2. The summed E-state index contributed by atoms with van der Waals surface area (Å²) >= 11 is 1.44. The zero-order valence-corrected chi connectivity index (χ0v) is 14.3. The Labute approximate surface area is 148 Å². The maximum absolute atomic E-state index is 13.9. The smallest absolute Gasteiger partial charge is 0.315 e. The van der Waals surface area contributed by atoms with E-state index in [0.717, 1.165) is 17.7 Å². The monoisotopic (exact) mass is 366 g/mol. The summed E-state index contributed by atoms with van der Waals surface area (Å²) in [6.07, 6.45) is 0.689. The highest BCUT2D eigenvalue weighted by molar-refractivity contribution is 7.99. The minimum absolute atomic E-state index is 0.287. The van der Waals surface area contributed by atoms with Gasteiger partial charge in [0.15, 0.2) is 11.6 Å². The molecular formula is C18H17F3N2OS. The van der Waals surface area contributed by atoms with E-state index in [1.807, 2.05) is 0 Å². The Balaban J connectivity index is 1.67. The molecule has 1 heterocycles. The Morgan fingerprint density at radius 3 is 2.72 bits per heavy atom. The molecule has 0 spiro atoms. The Hall–Kier alpha value is -2.15. The van der Waals surface area contributed by atoms with Gasteiger partial charge in [-0.25, -0.2) is 18.0 Å². The zero-order valence-electron chi connectivity index (χ0n) is 13.5. The van der Waals surface area contributed by atoms with Crippen LogP contribution in [0, 0.1) is 17.5 Å². The van der Waals surface area contributed by atoms with Crippen molar-refractivity contribution in [3.05, 3.63) is 65.0 Å². The molecule has 0 bridgehead atoms. The molecule has 0 aliphatic carbocycles. The van der Waals surface area contributed by atoms with E-state index in [1.54, 1.807) is 19.1 Å². The largest absolute Gasteiger partial charge is 0.332 e. The Kier molecular flexibility index (Phi) is 5.22. The number of benzene rings is 2. The van der Waals surface area contributed by atoms with Gasteiger partial charge < -0.3 is 10.6 Å². The van der Waals surface area contributed by atoms with Gasteiger partial charge in [-0.05, 0) is 42.7 Å². The van der Waals surface area contributed by atoms with E-state index in [9.17, 15) is 18.0 Å². The molecule has 1 aliphatic rings. The van der Waals surface area contributed by atoms with E-state index >= 15 is 0 Å². The van der Waals surface area contributed by atoms with Crippen molar-refractivity contribution in [1.82, 2.24) is 10.6 Å². The highest BCUT2D eigenvalue weighted by Gasteiger charge is 2.25. The molecule has 2 N–H and O–H groups in total.